The van der Waals surface area contributed by atoms with E-state index in [1.807, 2.05) is 6.07 Å². The standard InChI is InChI=1S/C9H11NO3/c11-9(12)6-7-10(13)8-4-2-1-3-5-8/h1-5,13H,6-7H2,(H,11,12). The third-order valence-corrected chi connectivity index (χ3v) is 1.59. The average molecular weight is 181 g/mol. The Morgan fingerprint density at radius 3 is 2.46 bits per heavy atom. The van der Waals surface area contributed by atoms with Gasteiger partial charge >= 0.3 is 5.97 Å². The molecule has 4 heteroatoms. The van der Waals surface area contributed by atoms with Crippen LogP contribution in [0.3, 0.4) is 0 Å². The quantitative estimate of drug-likeness (QED) is 0.688. The maximum Gasteiger partial charge on any atom is 0.305 e. The normalized spacial score (nSPS) is 9.62. The third-order valence-electron chi connectivity index (χ3n) is 1.59. The van der Waals surface area contributed by atoms with E-state index in [0.717, 1.165) is 5.06 Å². The number of hydrogen-bond donors (Lipinski definition) is 2. The maximum atomic E-state index is 10.2. The molecule has 0 spiro atoms. The molecule has 2 N–H and O–H groups in total. The van der Waals surface area contributed by atoms with E-state index in [4.69, 9.17) is 5.11 Å². The fourth-order valence-electron chi connectivity index (χ4n) is 0.931. The summed E-state index contributed by atoms with van der Waals surface area (Å²) in [6.45, 7) is 0.0966. The fourth-order valence-corrected chi connectivity index (χ4v) is 0.931. The number of carbonyl (C=O) groups is 1. The predicted molar refractivity (Wildman–Crippen MR) is 47.8 cm³/mol. The molecule has 0 aliphatic heterocycles. The first-order chi connectivity index (χ1) is 6.20. The van der Waals surface area contributed by atoms with Crippen molar-refractivity contribution in [2.24, 2.45) is 0 Å². The minimum absolute atomic E-state index is 0.0780. The minimum atomic E-state index is -0.921. The molecule has 0 atom stereocenters. The number of rotatable bonds is 4. The second kappa shape index (κ2) is 4.47. The van der Waals surface area contributed by atoms with E-state index < -0.39 is 5.97 Å². The van der Waals surface area contributed by atoms with Gasteiger partial charge in [0.15, 0.2) is 0 Å². The zero-order chi connectivity index (χ0) is 9.68. The predicted octanol–water partition coefficient (Wildman–Crippen LogP) is 1.36. The highest BCUT2D eigenvalue weighted by molar-refractivity contribution is 5.67. The van der Waals surface area contributed by atoms with Crippen LogP contribution in [0.15, 0.2) is 30.3 Å². The topological polar surface area (TPSA) is 60.8 Å². The minimum Gasteiger partial charge on any atom is -0.481 e. The highest BCUT2D eigenvalue weighted by Crippen LogP contribution is 2.10. The Morgan fingerprint density at radius 2 is 1.92 bits per heavy atom. The molecule has 0 aliphatic rings. The lowest BCUT2D eigenvalue weighted by molar-refractivity contribution is -0.137. The van der Waals surface area contributed by atoms with Crippen molar-refractivity contribution in [2.45, 2.75) is 6.42 Å². The molecule has 4 nitrogen and oxygen atoms in total. The van der Waals surface area contributed by atoms with Crippen LogP contribution in [0.5, 0.6) is 0 Å². The summed E-state index contributed by atoms with van der Waals surface area (Å²) < 4.78 is 0. The molecular formula is C9H11NO3. The van der Waals surface area contributed by atoms with Crippen molar-refractivity contribution in [3.8, 4) is 0 Å². The van der Waals surface area contributed by atoms with Crippen LogP contribution in [0.25, 0.3) is 0 Å². The van der Waals surface area contributed by atoms with Gasteiger partial charge < -0.3 is 5.11 Å². The zero-order valence-electron chi connectivity index (χ0n) is 7.05. The average Bonchev–Trinajstić information content (AvgIpc) is 2.15. The van der Waals surface area contributed by atoms with E-state index in [1.54, 1.807) is 24.3 Å². The number of anilines is 1. The van der Waals surface area contributed by atoms with E-state index in [1.165, 1.54) is 0 Å². The molecular weight excluding hydrogens is 170 g/mol. The summed E-state index contributed by atoms with van der Waals surface area (Å²) in [7, 11) is 0. The van der Waals surface area contributed by atoms with Crippen LogP contribution in [0.2, 0.25) is 0 Å². The molecule has 0 saturated heterocycles. The second-order valence-corrected chi connectivity index (χ2v) is 2.60. The number of hydroxylamine groups is 1. The molecule has 0 bridgehead atoms. The molecule has 0 aromatic heterocycles. The zero-order valence-corrected chi connectivity index (χ0v) is 7.05. The molecule has 70 valence electrons. The second-order valence-electron chi connectivity index (χ2n) is 2.60. The van der Waals surface area contributed by atoms with Gasteiger partial charge in [0.2, 0.25) is 0 Å². The summed E-state index contributed by atoms with van der Waals surface area (Å²) in [5.74, 6) is -0.921. The highest BCUT2D eigenvalue weighted by atomic mass is 16.5. The number of nitrogens with zero attached hydrogens (tertiary/aromatic N) is 1. The molecule has 0 amide bonds. The van der Waals surface area contributed by atoms with Gasteiger partial charge in [-0.25, -0.2) is 0 Å². The molecule has 0 unspecified atom stereocenters. The van der Waals surface area contributed by atoms with E-state index in [2.05, 4.69) is 0 Å². The molecule has 0 aliphatic carbocycles. The summed E-state index contributed by atoms with van der Waals surface area (Å²) in [5, 5.41) is 18.6. The van der Waals surface area contributed by atoms with Gasteiger partial charge in [0.25, 0.3) is 0 Å². The Morgan fingerprint density at radius 1 is 1.31 bits per heavy atom. The first kappa shape index (κ1) is 9.54. The molecule has 0 fully saturated rings. The van der Waals surface area contributed by atoms with Crippen molar-refractivity contribution in [3.05, 3.63) is 30.3 Å². The van der Waals surface area contributed by atoms with Crippen molar-refractivity contribution in [2.75, 3.05) is 11.6 Å². The molecule has 1 aromatic carbocycles. The first-order valence-electron chi connectivity index (χ1n) is 3.93. The summed E-state index contributed by atoms with van der Waals surface area (Å²) >= 11 is 0. The monoisotopic (exact) mass is 181 g/mol. The van der Waals surface area contributed by atoms with Crippen LogP contribution in [-0.2, 0) is 4.79 Å². The highest BCUT2D eigenvalue weighted by Gasteiger charge is 2.04. The van der Waals surface area contributed by atoms with Crippen LogP contribution >= 0.6 is 0 Å². The Kier molecular flexibility index (Phi) is 3.28. The fraction of sp³-hybridized carbons (Fsp3) is 0.222. The summed E-state index contributed by atoms with van der Waals surface area (Å²) in [5.41, 5.74) is 0.601. The summed E-state index contributed by atoms with van der Waals surface area (Å²) in [6.07, 6.45) is -0.0780. The third kappa shape index (κ3) is 3.13. The molecule has 1 aromatic rings. The number of carboxylic acids is 1. The Hall–Kier alpha value is -1.55. The van der Waals surface area contributed by atoms with Gasteiger partial charge in [-0.05, 0) is 12.1 Å². The molecule has 0 saturated carbocycles. The number of aliphatic carboxylic acids is 1. The number of para-hydroxylation sites is 1. The van der Waals surface area contributed by atoms with Gasteiger partial charge in [0.05, 0.1) is 18.7 Å². The lowest BCUT2D eigenvalue weighted by Gasteiger charge is -2.14. The lowest BCUT2D eigenvalue weighted by atomic mass is 10.3. The van der Waals surface area contributed by atoms with Gasteiger partial charge in [-0.3, -0.25) is 15.1 Å². The summed E-state index contributed by atoms with van der Waals surface area (Å²) in [4.78, 5) is 10.2. The van der Waals surface area contributed by atoms with E-state index in [0.29, 0.717) is 5.69 Å². The van der Waals surface area contributed by atoms with Crippen LogP contribution in [0, 0.1) is 0 Å². The van der Waals surface area contributed by atoms with Crippen molar-refractivity contribution in [3.63, 3.8) is 0 Å². The van der Waals surface area contributed by atoms with Gasteiger partial charge in [0, 0.05) is 0 Å². The van der Waals surface area contributed by atoms with Crippen LogP contribution in [0.1, 0.15) is 6.42 Å². The molecule has 1 rings (SSSR count). The van der Waals surface area contributed by atoms with E-state index >= 15 is 0 Å². The maximum absolute atomic E-state index is 10.2. The number of carboxylic acid groups (broad SMARTS) is 1. The van der Waals surface area contributed by atoms with E-state index in [-0.39, 0.29) is 13.0 Å². The SMILES string of the molecule is O=C(O)CCN(O)c1ccccc1. The van der Waals surface area contributed by atoms with Crippen molar-refractivity contribution in [1.29, 1.82) is 0 Å². The van der Waals surface area contributed by atoms with Gasteiger partial charge in [-0.2, -0.15) is 0 Å². The van der Waals surface area contributed by atoms with E-state index in [9.17, 15) is 10.0 Å². The van der Waals surface area contributed by atoms with Gasteiger partial charge in [0.1, 0.15) is 0 Å². The first-order valence-corrected chi connectivity index (χ1v) is 3.93. The van der Waals surface area contributed by atoms with Crippen LogP contribution in [0.4, 0.5) is 5.69 Å². The van der Waals surface area contributed by atoms with Crippen LogP contribution < -0.4 is 5.06 Å². The number of benzene rings is 1. The Labute approximate surface area is 76.0 Å². The summed E-state index contributed by atoms with van der Waals surface area (Å²) in [6, 6.07) is 8.80. The largest absolute Gasteiger partial charge is 0.481 e. The smallest absolute Gasteiger partial charge is 0.305 e. The molecule has 13 heavy (non-hydrogen) atoms. The van der Waals surface area contributed by atoms with Crippen molar-refractivity contribution < 1.29 is 15.1 Å². The van der Waals surface area contributed by atoms with Gasteiger partial charge in [-0.1, -0.05) is 18.2 Å². The van der Waals surface area contributed by atoms with Gasteiger partial charge in [-0.15, -0.1) is 0 Å². The molecule has 0 radical (unpaired) electrons. The van der Waals surface area contributed by atoms with Crippen molar-refractivity contribution >= 4 is 11.7 Å². The lowest BCUT2D eigenvalue weighted by Crippen LogP contribution is -2.21. The molecule has 0 heterocycles. The Bertz CT molecular complexity index is 273. The Balaban J connectivity index is 2.49. The number of hydrogen-bond acceptors (Lipinski definition) is 3. The van der Waals surface area contributed by atoms with Crippen LogP contribution in [-0.4, -0.2) is 22.8 Å². The van der Waals surface area contributed by atoms with Crippen molar-refractivity contribution in [1.82, 2.24) is 0 Å².